The maximum absolute atomic E-state index is 9.21. The van der Waals surface area contributed by atoms with E-state index in [0.29, 0.717) is 0 Å². The maximum Gasteiger partial charge on any atom is 0.0704 e. The highest BCUT2D eigenvalue weighted by Crippen LogP contribution is 2.17. The normalized spacial score (nSPS) is 15.7. The third-order valence-corrected chi connectivity index (χ3v) is 2.30. The Morgan fingerprint density at radius 1 is 1.33 bits per heavy atom. The topological polar surface area (TPSA) is 46.2 Å². The number of aliphatic hydroxyl groups is 1. The van der Waals surface area contributed by atoms with Gasteiger partial charge in [-0.25, -0.2) is 0 Å². The lowest BCUT2D eigenvalue weighted by Crippen LogP contribution is -2.22. The van der Waals surface area contributed by atoms with E-state index in [0.717, 1.165) is 10.0 Å². The van der Waals surface area contributed by atoms with Crippen molar-refractivity contribution in [2.75, 3.05) is 0 Å². The van der Waals surface area contributed by atoms with Gasteiger partial charge in [-0.1, -0.05) is 28.1 Å². The van der Waals surface area contributed by atoms with Crippen molar-refractivity contribution < 1.29 is 5.11 Å². The van der Waals surface area contributed by atoms with Crippen LogP contribution in [0.15, 0.2) is 28.7 Å². The lowest BCUT2D eigenvalue weighted by atomic mass is 10.0. The molecule has 0 fully saturated rings. The molecule has 0 radical (unpaired) electrons. The smallest absolute Gasteiger partial charge is 0.0704 e. The summed E-state index contributed by atoms with van der Waals surface area (Å²) in [5.41, 5.74) is 6.67. The molecule has 3 N–H and O–H groups in total. The second-order valence-electron chi connectivity index (χ2n) is 2.82. The molecule has 0 heterocycles. The van der Waals surface area contributed by atoms with Crippen molar-refractivity contribution in [1.82, 2.24) is 0 Å². The number of benzene rings is 1. The molecule has 12 heavy (non-hydrogen) atoms. The van der Waals surface area contributed by atoms with Crippen molar-refractivity contribution in [2.24, 2.45) is 5.73 Å². The number of hydrogen-bond donors (Lipinski definition) is 2. The maximum atomic E-state index is 9.21. The predicted molar refractivity (Wildman–Crippen MR) is 52.8 cm³/mol. The zero-order chi connectivity index (χ0) is 9.14. The van der Waals surface area contributed by atoms with E-state index in [1.165, 1.54) is 0 Å². The fourth-order valence-electron chi connectivity index (χ4n) is 0.964. The highest BCUT2D eigenvalue weighted by molar-refractivity contribution is 9.10. The van der Waals surface area contributed by atoms with Crippen molar-refractivity contribution in [1.29, 1.82) is 0 Å². The van der Waals surface area contributed by atoms with Crippen LogP contribution in [0.2, 0.25) is 0 Å². The SMILES string of the molecule is C[C@@H](O)C(N)c1ccc(Br)cc1. The van der Waals surface area contributed by atoms with Gasteiger partial charge >= 0.3 is 0 Å². The highest BCUT2D eigenvalue weighted by atomic mass is 79.9. The van der Waals surface area contributed by atoms with Crippen molar-refractivity contribution >= 4 is 15.9 Å². The number of rotatable bonds is 2. The fourth-order valence-corrected chi connectivity index (χ4v) is 1.23. The first-order valence-corrected chi connectivity index (χ1v) is 4.59. The van der Waals surface area contributed by atoms with Gasteiger partial charge in [-0.2, -0.15) is 0 Å². The molecule has 2 atom stereocenters. The van der Waals surface area contributed by atoms with E-state index in [1.54, 1.807) is 6.92 Å². The molecule has 1 unspecified atom stereocenters. The highest BCUT2D eigenvalue weighted by Gasteiger charge is 2.10. The molecule has 0 amide bonds. The molecular formula is C9H12BrNO. The lowest BCUT2D eigenvalue weighted by Gasteiger charge is -2.14. The molecule has 1 aromatic rings. The van der Waals surface area contributed by atoms with E-state index < -0.39 is 6.10 Å². The zero-order valence-electron chi connectivity index (χ0n) is 6.87. The summed E-state index contributed by atoms with van der Waals surface area (Å²) in [7, 11) is 0. The van der Waals surface area contributed by atoms with Gasteiger partial charge in [-0.15, -0.1) is 0 Å². The van der Waals surface area contributed by atoms with Gasteiger partial charge in [0.1, 0.15) is 0 Å². The molecule has 0 spiro atoms. The molecule has 1 rings (SSSR count). The van der Waals surface area contributed by atoms with Crippen LogP contribution in [0.25, 0.3) is 0 Å². The first-order valence-electron chi connectivity index (χ1n) is 3.80. The molecule has 0 aliphatic carbocycles. The van der Waals surface area contributed by atoms with Gasteiger partial charge in [0.25, 0.3) is 0 Å². The van der Waals surface area contributed by atoms with Crippen LogP contribution in [-0.4, -0.2) is 11.2 Å². The Balaban J connectivity index is 2.82. The molecule has 0 saturated carbocycles. The molecule has 2 nitrogen and oxygen atoms in total. The summed E-state index contributed by atoms with van der Waals surface area (Å²) in [5, 5.41) is 9.21. The minimum absolute atomic E-state index is 0.293. The number of halogens is 1. The van der Waals surface area contributed by atoms with E-state index in [1.807, 2.05) is 24.3 Å². The van der Waals surface area contributed by atoms with Crippen molar-refractivity contribution in [2.45, 2.75) is 19.1 Å². The van der Waals surface area contributed by atoms with Crippen LogP contribution in [0, 0.1) is 0 Å². The summed E-state index contributed by atoms with van der Waals surface area (Å²) in [6, 6.07) is 7.34. The monoisotopic (exact) mass is 229 g/mol. The van der Waals surface area contributed by atoms with Gasteiger partial charge in [0, 0.05) is 4.47 Å². The fraction of sp³-hybridized carbons (Fsp3) is 0.333. The molecular weight excluding hydrogens is 218 g/mol. The molecule has 0 aliphatic heterocycles. The zero-order valence-corrected chi connectivity index (χ0v) is 8.45. The Morgan fingerprint density at radius 2 is 1.83 bits per heavy atom. The van der Waals surface area contributed by atoms with Crippen LogP contribution in [-0.2, 0) is 0 Å². The van der Waals surface area contributed by atoms with Crippen LogP contribution >= 0.6 is 15.9 Å². The van der Waals surface area contributed by atoms with E-state index in [9.17, 15) is 5.11 Å². The van der Waals surface area contributed by atoms with E-state index in [-0.39, 0.29) is 6.04 Å². The summed E-state index contributed by atoms with van der Waals surface area (Å²) in [6.45, 7) is 1.69. The minimum atomic E-state index is -0.508. The molecule has 1 aromatic carbocycles. The summed E-state index contributed by atoms with van der Waals surface area (Å²) in [5.74, 6) is 0. The molecule has 0 bridgehead atoms. The molecule has 66 valence electrons. The van der Waals surface area contributed by atoms with Gasteiger partial charge in [-0.3, -0.25) is 0 Å². The molecule has 0 saturated heterocycles. The van der Waals surface area contributed by atoms with E-state index in [4.69, 9.17) is 5.73 Å². The van der Waals surface area contributed by atoms with Crippen molar-refractivity contribution in [3.05, 3.63) is 34.3 Å². The molecule has 3 heteroatoms. The van der Waals surface area contributed by atoms with Crippen LogP contribution in [0.4, 0.5) is 0 Å². The van der Waals surface area contributed by atoms with Gasteiger partial charge < -0.3 is 10.8 Å². The third-order valence-electron chi connectivity index (χ3n) is 1.77. The first-order chi connectivity index (χ1) is 5.61. The summed E-state index contributed by atoms with van der Waals surface area (Å²) in [6.07, 6.45) is -0.508. The first kappa shape index (κ1) is 9.71. The van der Waals surface area contributed by atoms with Crippen molar-refractivity contribution in [3.8, 4) is 0 Å². The van der Waals surface area contributed by atoms with Gasteiger partial charge in [0.05, 0.1) is 12.1 Å². The number of nitrogens with two attached hydrogens (primary N) is 1. The molecule has 0 aromatic heterocycles. The average Bonchev–Trinajstić information content (AvgIpc) is 2.04. The van der Waals surface area contributed by atoms with Gasteiger partial charge in [0.2, 0.25) is 0 Å². The van der Waals surface area contributed by atoms with Crippen molar-refractivity contribution in [3.63, 3.8) is 0 Å². The minimum Gasteiger partial charge on any atom is -0.391 e. The Morgan fingerprint density at radius 3 is 2.25 bits per heavy atom. The third kappa shape index (κ3) is 2.30. The largest absolute Gasteiger partial charge is 0.391 e. The second-order valence-corrected chi connectivity index (χ2v) is 3.73. The summed E-state index contributed by atoms with van der Waals surface area (Å²) in [4.78, 5) is 0. The lowest BCUT2D eigenvalue weighted by molar-refractivity contribution is 0.164. The quantitative estimate of drug-likeness (QED) is 0.814. The number of hydrogen-bond acceptors (Lipinski definition) is 2. The second kappa shape index (κ2) is 4.03. The Labute approximate surface area is 80.5 Å². The standard InChI is InChI=1S/C9H12BrNO/c1-6(12)9(11)7-2-4-8(10)5-3-7/h2-6,9,12H,11H2,1H3/t6-,9?/m1/s1. The predicted octanol–water partition coefficient (Wildman–Crippen LogP) is 1.83. The Bertz CT molecular complexity index is 245. The number of aliphatic hydroxyl groups excluding tert-OH is 1. The van der Waals surface area contributed by atoms with Gasteiger partial charge in [0.15, 0.2) is 0 Å². The Hall–Kier alpha value is -0.380. The van der Waals surface area contributed by atoms with E-state index in [2.05, 4.69) is 15.9 Å². The van der Waals surface area contributed by atoms with Crippen LogP contribution in [0.1, 0.15) is 18.5 Å². The van der Waals surface area contributed by atoms with E-state index >= 15 is 0 Å². The summed E-state index contributed by atoms with van der Waals surface area (Å²) < 4.78 is 1.02. The van der Waals surface area contributed by atoms with Crippen LogP contribution in [0.3, 0.4) is 0 Å². The Kier molecular flexibility index (Phi) is 3.26. The average molecular weight is 230 g/mol. The summed E-state index contributed by atoms with van der Waals surface area (Å²) >= 11 is 3.33. The molecule has 0 aliphatic rings. The van der Waals surface area contributed by atoms with Gasteiger partial charge in [-0.05, 0) is 24.6 Å². The van der Waals surface area contributed by atoms with Crippen LogP contribution < -0.4 is 5.73 Å². The van der Waals surface area contributed by atoms with Crippen LogP contribution in [0.5, 0.6) is 0 Å².